The molecule has 120 valence electrons. The second-order valence-corrected chi connectivity index (χ2v) is 9.01. The number of hydrogen-bond donors (Lipinski definition) is 0. The molecule has 1 aromatic carbocycles. The summed E-state index contributed by atoms with van der Waals surface area (Å²) in [6, 6.07) is 5.12. The molecule has 1 saturated heterocycles. The van der Waals surface area contributed by atoms with Crippen molar-refractivity contribution in [1.29, 1.82) is 0 Å². The molecule has 0 unspecified atom stereocenters. The molecule has 1 heterocycles. The van der Waals surface area contributed by atoms with Crippen LogP contribution in [-0.4, -0.2) is 42.8 Å². The molecule has 0 N–H and O–H groups in total. The third kappa shape index (κ3) is 3.42. The molecule has 0 aromatic heterocycles. The zero-order valence-electron chi connectivity index (χ0n) is 12.0. The minimum Gasteiger partial charge on any atom is -0.335 e. The van der Waals surface area contributed by atoms with Crippen molar-refractivity contribution in [3.05, 3.63) is 33.8 Å². The van der Waals surface area contributed by atoms with E-state index >= 15 is 0 Å². The molecule has 1 saturated carbocycles. The molecular formula is C15H17Cl2NO3S. The van der Waals surface area contributed by atoms with Crippen molar-refractivity contribution in [2.24, 2.45) is 0 Å². The van der Waals surface area contributed by atoms with Crippen molar-refractivity contribution in [3.8, 4) is 0 Å². The molecule has 2 aliphatic rings. The number of sulfone groups is 1. The lowest BCUT2D eigenvalue weighted by molar-refractivity contribution is -0.133. The van der Waals surface area contributed by atoms with Crippen LogP contribution in [0.2, 0.25) is 10.0 Å². The average molecular weight is 362 g/mol. The first-order valence-corrected chi connectivity index (χ1v) is 9.89. The molecule has 1 aliphatic heterocycles. The second kappa shape index (κ2) is 6.02. The minimum atomic E-state index is -3.01. The van der Waals surface area contributed by atoms with Gasteiger partial charge in [0.15, 0.2) is 9.84 Å². The zero-order valence-corrected chi connectivity index (χ0v) is 14.3. The van der Waals surface area contributed by atoms with E-state index in [1.54, 1.807) is 23.1 Å². The van der Waals surface area contributed by atoms with Crippen molar-refractivity contribution in [3.63, 3.8) is 0 Å². The number of rotatable bonds is 4. The number of hydrogen-bond acceptors (Lipinski definition) is 3. The number of amides is 1. The maximum atomic E-state index is 12.7. The fourth-order valence-electron chi connectivity index (χ4n) is 3.00. The summed E-state index contributed by atoms with van der Waals surface area (Å²) in [5.41, 5.74) is 0.613. The Kier molecular flexibility index (Phi) is 4.40. The molecule has 1 aliphatic carbocycles. The molecular weight excluding hydrogens is 345 g/mol. The van der Waals surface area contributed by atoms with Gasteiger partial charge in [-0.25, -0.2) is 8.42 Å². The topological polar surface area (TPSA) is 54.5 Å². The molecule has 3 rings (SSSR count). The van der Waals surface area contributed by atoms with Crippen molar-refractivity contribution >= 4 is 38.9 Å². The molecule has 0 spiro atoms. The Morgan fingerprint density at radius 3 is 2.27 bits per heavy atom. The van der Waals surface area contributed by atoms with Gasteiger partial charge in [0.05, 0.1) is 17.9 Å². The Bertz CT molecular complexity index is 680. The largest absolute Gasteiger partial charge is 0.335 e. The van der Waals surface area contributed by atoms with Crippen LogP contribution in [0.15, 0.2) is 18.2 Å². The first-order chi connectivity index (χ1) is 10.4. The Morgan fingerprint density at radius 2 is 1.77 bits per heavy atom. The predicted octanol–water partition coefficient (Wildman–Crippen LogP) is 2.71. The van der Waals surface area contributed by atoms with Gasteiger partial charge < -0.3 is 4.90 Å². The Hall–Kier alpha value is -0.780. The van der Waals surface area contributed by atoms with E-state index in [-0.39, 0.29) is 35.9 Å². The van der Waals surface area contributed by atoms with Gasteiger partial charge in [0.2, 0.25) is 5.91 Å². The summed E-state index contributed by atoms with van der Waals surface area (Å²) in [6.45, 7) is 0. The van der Waals surface area contributed by atoms with Crippen LogP contribution in [0.4, 0.5) is 0 Å². The lowest BCUT2D eigenvalue weighted by atomic mass is 10.1. The van der Waals surface area contributed by atoms with E-state index in [0.717, 1.165) is 12.8 Å². The van der Waals surface area contributed by atoms with Gasteiger partial charge in [-0.2, -0.15) is 0 Å². The summed E-state index contributed by atoms with van der Waals surface area (Å²) in [5.74, 6) is 0.159. The first kappa shape index (κ1) is 16.1. The van der Waals surface area contributed by atoms with Crippen molar-refractivity contribution in [2.45, 2.75) is 37.8 Å². The molecule has 0 radical (unpaired) electrons. The van der Waals surface area contributed by atoms with E-state index in [1.165, 1.54) is 0 Å². The highest BCUT2D eigenvalue weighted by Gasteiger charge is 2.42. The highest BCUT2D eigenvalue weighted by Crippen LogP contribution is 2.34. The Morgan fingerprint density at radius 1 is 1.14 bits per heavy atom. The molecule has 2 fully saturated rings. The van der Waals surface area contributed by atoms with Crippen molar-refractivity contribution in [1.82, 2.24) is 4.90 Å². The number of nitrogens with zero attached hydrogens (tertiary/aromatic N) is 1. The van der Waals surface area contributed by atoms with Gasteiger partial charge in [-0.1, -0.05) is 29.3 Å². The van der Waals surface area contributed by atoms with Crippen LogP contribution in [0.1, 0.15) is 24.8 Å². The van der Waals surface area contributed by atoms with Crippen molar-refractivity contribution < 1.29 is 13.2 Å². The van der Waals surface area contributed by atoms with Crippen LogP contribution in [0, 0.1) is 0 Å². The van der Waals surface area contributed by atoms with Gasteiger partial charge in [0, 0.05) is 22.1 Å². The van der Waals surface area contributed by atoms with Crippen LogP contribution in [0.3, 0.4) is 0 Å². The van der Waals surface area contributed by atoms with Gasteiger partial charge in [-0.05, 0) is 37.0 Å². The summed E-state index contributed by atoms with van der Waals surface area (Å²) in [6.07, 6.45) is 2.53. The molecule has 7 heteroatoms. The van der Waals surface area contributed by atoms with Crippen LogP contribution >= 0.6 is 23.2 Å². The van der Waals surface area contributed by atoms with Gasteiger partial charge in [-0.15, -0.1) is 0 Å². The summed E-state index contributed by atoms with van der Waals surface area (Å²) in [7, 11) is -3.01. The third-order valence-corrected chi connectivity index (χ3v) is 6.68. The standard InChI is InChI=1S/C15H17Cl2NO3S/c16-13-2-1-3-14(17)12(13)8-15(19)18(10-4-5-10)11-6-7-22(20,21)9-11/h1-3,10-11H,4-9H2/t11-/m1/s1. The van der Waals surface area contributed by atoms with E-state index in [2.05, 4.69) is 0 Å². The smallest absolute Gasteiger partial charge is 0.227 e. The normalized spacial score (nSPS) is 23.5. The SMILES string of the molecule is O=C(Cc1c(Cl)cccc1Cl)N(C1CC1)[C@@H]1CCS(=O)(=O)C1. The lowest BCUT2D eigenvalue weighted by Gasteiger charge is -2.28. The van der Waals surface area contributed by atoms with Gasteiger partial charge in [0.25, 0.3) is 0 Å². The summed E-state index contributed by atoms with van der Waals surface area (Å²) >= 11 is 12.3. The van der Waals surface area contributed by atoms with Crippen LogP contribution in [-0.2, 0) is 21.1 Å². The van der Waals surface area contributed by atoms with Gasteiger partial charge in [0.1, 0.15) is 0 Å². The average Bonchev–Trinajstić information content (AvgIpc) is 3.19. The van der Waals surface area contributed by atoms with Crippen molar-refractivity contribution in [2.75, 3.05) is 11.5 Å². The summed E-state index contributed by atoms with van der Waals surface area (Å²) < 4.78 is 23.4. The Labute approximate surface area is 140 Å². The van der Waals surface area contributed by atoms with Gasteiger partial charge >= 0.3 is 0 Å². The maximum absolute atomic E-state index is 12.7. The molecule has 4 nitrogen and oxygen atoms in total. The van der Waals surface area contributed by atoms with Crippen LogP contribution in [0.5, 0.6) is 0 Å². The second-order valence-electron chi connectivity index (χ2n) is 5.97. The molecule has 1 amide bonds. The fraction of sp³-hybridized carbons (Fsp3) is 0.533. The van der Waals surface area contributed by atoms with Gasteiger partial charge in [-0.3, -0.25) is 4.79 Å². The number of benzene rings is 1. The third-order valence-electron chi connectivity index (χ3n) is 4.22. The highest BCUT2D eigenvalue weighted by atomic mass is 35.5. The minimum absolute atomic E-state index is 0.0749. The first-order valence-electron chi connectivity index (χ1n) is 7.32. The number of carbonyl (C=O) groups excluding carboxylic acids is 1. The van der Waals surface area contributed by atoms with Crippen LogP contribution in [0.25, 0.3) is 0 Å². The number of halogens is 2. The molecule has 1 atom stereocenters. The fourth-order valence-corrected chi connectivity index (χ4v) is 5.24. The number of carbonyl (C=O) groups is 1. The van der Waals surface area contributed by atoms with E-state index in [4.69, 9.17) is 23.2 Å². The Balaban J connectivity index is 1.79. The highest BCUT2D eigenvalue weighted by molar-refractivity contribution is 7.91. The summed E-state index contributed by atoms with van der Waals surface area (Å²) in [5, 5.41) is 0.936. The predicted molar refractivity (Wildman–Crippen MR) is 87.1 cm³/mol. The molecule has 22 heavy (non-hydrogen) atoms. The molecule has 0 bridgehead atoms. The molecule has 1 aromatic rings. The monoisotopic (exact) mass is 361 g/mol. The van der Waals surface area contributed by atoms with E-state index in [1.807, 2.05) is 0 Å². The quantitative estimate of drug-likeness (QED) is 0.828. The maximum Gasteiger partial charge on any atom is 0.227 e. The lowest BCUT2D eigenvalue weighted by Crippen LogP contribution is -2.43. The van der Waals surface area contributed by atoms with Crippen LogP contribution < -0.4 is 0 Å². The van der Waals surface area contributed by atoms with E-state index in [0.29, 0.717) is 22.0 Å². The van der Waals surface area contributed by atoms with E-state index < -0.39 is 9.84 Å². The van der Waals surface area contributed by atoms with E-state index in [9.17, 15) is 13.2 Å². The zero-order chi connectivity index (χ0) is 15.9. The summed E-state index contributed by atoms with van der Waals surface area (Å²) in [4.78, 5) is 14.5.